The van der Waals surface area contributed by atoms with Crippen molar-refractivity contribution in [1.82, 2.24) is 5.16 Å². The van der Waals surface area contributed by atoms with E-state index < -0.39 is 0 Å². The number of benzene rings is 1. The van der Waals surface area contributed by atoms with Crippen molar-refractivity contribution >= 4 is 11.0 Å². The molecule has 0 saturated heterocycles. The van der Waals surface area contributed by atoms with Gasteiger partial charge in [0, 0.05) is 5.39 Å². The first kappa shape index (κ1) is 4.56. The highest BCUT2D eigenvalue weighted by molar-refractivity contribution is 5.74. The minimum atomic E-state index is 0.734. The van der Waals surface area contributed by atoms with Gasteiger partial charge in [-0.15, -0.1) is 0 Å². The lowest BCUT2D eigenvalue weighted by Crippen LogP contribution is -1.59. The maximum atomic E-state index is 4.81. The Morgan fingerprint density at radius 1 is 1.56 bits per heavy atom. The molecule has 1 aromatic heterocycles. The first-order valence-corrected chi connectivity index (χ1v) is 2.59. The van der Waals surface area contributed by atoms with E-state index in [9.17, 15) is 0 Å². The normalized spacial score (nSPS) is 10.2. The van der Waals surface area contributed by atoms with Gasteiger partial charge in [0.15, 0.2) is 5.58 Å². The van der Waals surface area contributed by atoms with Gasteiger partial charge in [-0.1, -0.05) is 5.16 Å². The summed E-state index contributed by atoms with van der Waals surface area (Å²) in [6.07, 6.45) is 1.63. The van der Waals surface area contributed by atoms with E-state index in [2.05, 4.69) is 17.3 Å². The van der Waals surface area contributed by atoms with E-state index in [0.717, 1.165) is 11.0 Å². The number of hydrogen-bond acceptors (Lipinski definition) is 2. The zero-order chi connectivity index (χ0) is 6.10. The van der Waals surface area contributed by atoms with E-state index in [-0.39, 0.29) is 0 Å². The zero-order valence-electron chi connectivity index (χ0n) is 4.59. The van der Waals surface area contributed by atoms with E-state index in [1.807, 2.05) is 0 Å². The molecule has 9 heavy (non-hydrogen) atoms. The Morgan fingerprint density at radius 2 is 2.56 bits per heavy atom. The highest BCUT2D eigenvalue weighted by Crippen LogP contribution is 2.09. The fourth-order valence-electron chi connectivity index (χ4n) is 0.698. The van der Waals surface area contributed by atoms with Gasteiger partial charge in [0.2, 0.25) is 0 Å². The molecule has 2 heteroatoms. The van der Waals surface area contributed by atoms with Crippen LogP contribution in [0, 0.1) is 12.1 Å². The first-order chi connectivity index (χ1) is 4.47. The van der Waals surface area contributed by atoms with E-state index in [1.165, 1.54) is 0 Å². The lowest BCUT2D eigenvalue weighted by Gasteiger charge is -1.77. The highest BCUT2D eigenvalue weighted by Gasteiger charge is 1.92. The molecule has 0 aliphatic rings. The van der Waals surface area contributed by atoms with Crippen LogP contribution >= 0.6 is 0 Å². The van der Waals surface area contributed by atoms with Gasteiger partial charge in [0.25, 0.3) is 0 Å². The average Bonchev–Trinajstić information content (AvgIpc) is 2.33. The van der Waals surface area contributed by atoms with E-state index in [1.54, 1.807) is 18.3 Å². The molecule has 0 unspecified atom stereocenters. The smallest absolute Gasteiger partial charge is 0.168 e. The molecule has 2 aromatic rings. The second-order valence-electron chi connectivity index (χ2n) is 1.70. The van der Waals surface area contributed by atoms with Crippen molar-refractivity contribution in [2.45, 2.75) is 0 Å². The Balaban J connectivity index is 2.95. The number of rotatable bonds is 0. The average molecular weight is 117 g/mol. The summed E-state index contributed by atoms with van der Waals surface area (Å²) in [5.41, 5.74) is 0.734. The fraction of sp³-hybridized carbons (Fsp3) is 0. The third-order valence-corrected chi connectivity index (χ3v) is 1.12. The predicted molar refractivity (Wildman–Crippen MR) is 31.7 cm³/mol. The summed E-state index contributed by atoms with van der Waals surface area (Å²) in [5.74, 6) is 0. The number of hydrogen-bond donors (Lipinski definition) is 0. The Bertz CT molecular complexity index is 283. The molecule has 0 atom stereocenters. The molecule has 1 aromatic carbocycles. The molecule has 0 N–H and O–H groups in total. The van der Waals surface area contributed by atoms with Crippen molar-refractivity contribution in [2.24, 2.45) is 0 Å². The predicted octanol–water partition coefficient (Wildman–Crippen LogP) is 1.43. The van der Waals surface area contributed by atoms with Crippen LogP contribution in [0.5, 0.6) is 0 Å². The molecule has 2 radical (unpaired) electrons. The minimum absolute atomic E-state index is 0.734. The lowest BCUT2D eigenvalue weighted by molar-refractivity contribution is 0.456. The largest absolute Gasteiger partial charge is 0.356 e. The van der Waals surface area contributed by atoms with Crippen molar-refractivity contribution in [1.29, 1.82) is 0 Å². The SMILES string of the molecule is [c]1c[c]c2cnoc2c1. The second-order valence-corrected chi connectivity index (χ2v) is 1.70. The van der Waals surface area contributed by atoms with Crippen LogP contribution in [-0.2, 0) is 0 Å². The zero-order valence-corrected chi connectivity index (χ0v) is 4.59. The molecule has 0 amide bonds. The van der Waals surface area contributed by atoms with Gasteiger partial charge in [-0.3, -0.25) is 0 Å². The second kappa shape index (κ2) is 1.58. The van der Waals surface area contributed by atoms with Crippen molar-refractivity contribution in [3.8, 4) is 0 Å². The fourth-order valence-corrected chi connectivity index (χ4v) is 0.698. The minimum Gasteiger partial charge on any atom is -0.356 e. The maximum absolute atomic E-state index is 4.81. The van der Waals surface area contributed by atoms with Crippen LogP contribution in [-0.4, -0.2) is 5.16 Å². The van der Waals surface area contributed by atoms with Gasteiger partial charge in [-0.05, 0) is 24.3 Å². The standard InChI is InChI=1S/C7H3NO/c1-2-4-7-6(3-1)5-8-9-7/h1,4-5H. The summed E-state index contributed by atoms with van der Waals surface area (Å²) < 4.78 is 4.81. The van der Waals surface area contributed by atoms with Crippen LogP contribution in [0.4, 0.5) is 0 Å². The summed E-state index contributed by atoms with van der Waals surface area (Å²) in [7, 11) is 0. The van der Waals surface area contributed by atoms with Gasteiger partial charge >= 0.3 is 0 Å². The van der Waals surface area contributed by atoms with Crippen molar-refractivity contribution in [2.75, 3.05) is 0 Å². The highest BCUT2D eigenvalue weighted by atomic mass is 16.5. The number of fused-ring (bicyclic) bond motifs is 1. The number of aromatic nitrogens is 1. The molecule has 0 saturated carbocycles. The van der Waals surface area contributed by atoms with Gasteiger partial charge in [0.05, 0.1) is 6.20 Å². The summed E-state index contributed by atoms with van der Waals surface area (Å²) in [5, 5.41) is 4.47. The van der Waals surface area contributed by atoms with E-state index in [0.29, 0.717) is 0 Å². The Labute approximate surface area is 52.1 Å². The third kappa shape index (κ3) is 0.598. The molecule has 2 nitrogen and oxygen atoms in total. The molecule has 0 spiro atoms. The molecular formula is C7H3NO. The molecule has 2 rings (SSSR count). The summed E-state index contributed by atoms with van der Waals surface area (Å²) in [6, 6.07) is 9.19. The molecule has 0 aliphatic heterocycles. The quantitative estimate of drug-likeness (QED) is 0.521. The van der Waals surface area contributed by atoms with Crippen molar-refractivity contribution < 1.29 is 4.52 Å². The Kier molecular flexibility index (Phi) is 0.803. The molecule has 0 bridgehead atoms. The van der Waals surface area contributed by atoms with Crippen LogP contribution in [0.25, 0.3) is 11.0 Å². The molecule has 1 heterocycles. The monoisotopic (exact) mass is 117 g/mol. The Hall–Kier alpha value is -1.31. The topological polar surface area (TPSA) is 26.0 Å². The lowest BCUT2D eigenvalue weighted by atomic mass is 10.3. The van der Waals surface area contributed by atoms with Gasteiger partial charge in [0.1, 0.15) is 0 Å². The van der Waals surface area contributed by atoms with Gasteiger partial charge < -0.3 is 4.52 Å². The van der Waals surface area contributed by atoms with Crippen LogP contribution < -0.4 is 0 Å². The Morgan fingerprint density at radius 3 is 3.44 bits per heavy atom. The van der Waals surface area contributed by atoms with Crippen LogP contribution in [0.2, 0.25) is 0 Å². The van der Waals surface area contributed by atoms with Crippen LogP contribution in [0.3, 0.4) is 0 Å². The molecule has 42 valence electrons. The third-order valence-electron chi connectivity index (χ3n) is 1.12. The molecule has 0 aliphatic carbocycles. The summed E-state index contributed by atoms with van der Waals surface area (Å²) in [6.45, 7) is 0. The van der Waals surface area contributed by atoms with Crippen LogP contribution in [0.1, 0.15) is 0 Å². The molecular weight excluding hydrogens is 114 g/mol. The maximum Gasteiger partial charge on any atom is 0.168 e. The van der Waals surface area contributed by atoms with Gasteiger partial charge in [-0.2, -0.15) is 0 Å². The summed E-state index contributed by atoms with van der Waals surface area (Å²) >= 11 is 0. The van der Waals surface area contributed by atoms with Crippen molar-refractivity contribution in [3.63, 3.8) is 0 Å². The number of nitrogens with zero attached hydrogens (tertiary/aromatic N) is 1. The van der Waals surface area contributed by atoms with E-state index >= 15 is 0 Å². The van der Waals surface area contributed by atoms with Crippen LogP contribution in [0.15, 0.2) is 22.9 Å². The van der Waals surface area contributed by atoms with Crippen molar-refractivity contribution in [3.05, 3.63) is 30.5 Å². The van der Waals surface area contributed by atoms with Gasteiger partial charge in [-0.25, -0.2) is 0 Å². The molecule has 0 fully saturated rings. The van der Waals surface area contributed by atoms with E-state index in [4.69, 9.17) is 4.52 Å². The summed E-state index contributed by atoms with van der Waals surface area (Å²) in [4.78, 5) is 0. The first-order valence-electron chi connectivity index (χ1n) is 2.59.